The Morgan fingerprint density at radius 2 is 1.77 bits per heavy atom. The van der Waals surface area contributed by atoms with Gasteiger partial charge in [0.15, 0.2) is 11.8 Å². The predicted octanol–water partition coefficient (Wildman–Crippen LogP) is 3.07. The summed E-state index contributed by atoms with van der Waals surface area (Å²) >= 11 is 6.94. The Hall–Kier alpha value is -4.64. The number of carboxylic acids is 2. The van der Waals surface area contributed by atoms with Gasteiger partial charge in [0.25, 0.3) is 5.56 Å². The van der Waals surface area contributed by atoms with Crippen LogP contribution in [0.2, 0.25) is 5.02 Å². The van der Waals surface area contributed by atoms with Gasteiger partial charge in [-0.05, 0) is 30.2 Å². The number of halogens is 5. The van der Waals surface area contributed by atoms with Crippen molar-refractivity contribution < 1.29 is 46.9 Å². The molecule has 2 N–H and O–H groups in total. The fraction of sp³-hybridized carbons (Fsp3) is 0.231. The van der Waals surface area contributed by atoms with E-state index in [-0.39, 0.29) is 38.2 Å². The Morgan fingerprint density at radius 1 is 1.09 bits per heavy atom. The molecule has 232 valence electrons. The second-order valence-electron chi connectivity index (χ2n) is 9.11. The van der Waals surface area contributed by atoms with Gasteiger partial charge >= 0.3 is 23.8 Å². The Morgan fingerprint density at radius 3 is 2.41 bits per heavy atom. The number of hydrogen-bond acceptors (Lipinski definition) is 8. The highest BCUT2D eigenvalue weighted by atomic mass is 35.5. The molecule has 1 aromatic heterocycles. The quantitative estimate of drug-likeness (QED) is 0.329. The number of benzene rings is 2. The Kier molecular flexibility index (Phi) is 9.19. The summed E-state index contributed by atoms with van der Waals surface area (Å²) in [5.41, 5.74) is -5.30. The summed E-state index contributed by atoms with van der Waals surface area (Å²) in [5.74, 6) is -4.43. The van der Waals surface area contributed by atoms with Gasteiger partial charge in [-0.3, -0.25) is 23.9 Å². The van der Waals surface area contributed by atoms with E-state index in [1.165, 1.54) is 6.07 Å². The lowest BCUT2D eigenvalue weighted by Crippen LogP contribution is -2.41. The van der Waals surface area contributed by atoms with Gasteiger partial charge in [-0.2, -0.15) is 13.2 Å². The zero-order valence-electron chi connectivity index (χ0n) is 22.2. The number of carboxylic acid groups (broad SMARTS) is 2. The number of hydrogen-bond donors (Lipinski definition) is 2. The van der Waals surface area contributed by atoms with Gasteiger partial charge in [-0.1, -0.05) is 41.6 Å². The number of aliphatic carboxylic acids is 2. The number of nitrogens with zero attached hydrogens (tertiary/aromatic N) is 4. The van der Waals surface area contributed by atoms with E-state index in [0.717, 1.165) is 29.8 Å². The molecule has 0 bridgehead atoms. The maximum atomic E-state index is 15.0. The molecule has 2 heterocycles. The highest BCUT2D eigenvalue weighted by Gasteiger charge is 2.40. The summed E-state index contributed by atoms with van der Waals surface area (Å²) in [6.45, 7) is -1.50. The van der Waals surface area contributed by atoms with Crippen molar-refractivity contribution in [3.63, 3.8) is 0 Å². The summed E-state index contributed by atoms with van der Waals surface area (Å²) < 4.78 is 60.3. The molecule has 12 nitrogen and oxygen atoms in total. The second kappa shape index (κ2) is 12.5. The van der Waals surface area contributed by atoms with Gasteiger partial charge in [-0.15, -0.1) is 0 Å². The van der Waals surface area contributed by atoms with Crippen molar-refractivity contribution in [2.75, 3.05) is 13.2 Å². The Bertz CT molecular complexity index is 1820. The summed E-state index contributed by atoms with van der Waals surface area (Å²) in [6.07, 6.45) is -5.10. The highest BCUT2D eigenvalue weighted by molar-refractivity contribution is 8.15. The number of rotatable bonds is 9. The number of thioether (sulfide) groups is 1. The molecule has 1 saturated heterocycles. The molecule has 1 aliphatic heterocycles. The van der Waals surface area contributed by atoms with Crippen molar-refractivity contribution in [2.24, 2.45) is 12.0 Å². The average molecular weight is 659 g/mol. The first-order valence-corrected chi connectivity index (χ1v) is 13.4. The minimum atomic E-state index is -5.05. The first kappa shape index (κ1) is 32.3. The first-order chi connectivity index (χ1) is 20.6. The minimum absolute atomic E-state index is 0.0478. The van der Waals surface area contributed by atoms with Crippen molar-refractivity contribution >= 4 is 52.1 Å². The maximum absolute atomic E-state index is 15.0. The fourth-order valence-electron chi connectivity index (χ4n) is 4.16. The van der Waals surface area contributed by atoms with E-state index in [0.29, 0.717) is 11.6 Å². The largest absolute Gasteiger partial charge is 0.482 e. The van der Waals surface area contributed by atoms with Crippen LogP contribution in [0.25, 0.3) is 5.69 Å². The van der Waals surface area contributed by atoms with Crippen LogP contribution in [-0.4, -0.2) is 65.7 Å². The average Bonchev–Trinajstić information content (AvgIpc) is 3.20. The molecule has 0 aliphatic carbocycles. The van der Waals surface area contributed by atoms with Gasteiger partial charge in [-0.25, -0.2) is 23.5 Å². The lowest BCUT2D eigenvalue weighted by Gasteiger charge is -2.16. The summed E-state index contributed by atoms with van der Waals surface area (Å²) in [5, 5.41) is 16.7. The van der Waals surface area contributed by atoms with E-state index in [2.05, 4.69) is 4.99 Å². The maximum Gasteiger partial charge on any atom is 0.431 e. The van der Waals surface area contributed by atoms with Gasteiger partial charge in [0, 0.05) is 13.1 Å². The summed E-state index contributed by atoms with van der Waals surface area (Å²) in [7, 11) is 0.742. The van der Waals surface area contributed by atoms with E-state index < -0.39 is 75.9 Å². The third kappa shape index (κ3) is 6.78. The minimum Gasteiger partial charge on any atom is -0.482 e. The summed E-state index contributed by atoms with van der Waals surface area (Å²) in [4.78, 5) is 66.0. The molecule has 1 fully saturated rings. The number of aromatic nitrogens is 2. The van der Waals surface area contributed by atoms with Gasteiger partial charge < -0.3 is 14.9 Å². The molecule has 2 aromatic carbocycles. The van der Waals surface area contributed by atoms with Crippen molar-refractivity contribution in [1.82, 2.24) is 14.0 Å². The third-order valence-electron chi connectivity index (χ3n) is 6.13. The third-order valence-corrected chi connectivity index (χ3v) is 7.60. The van der Waals surface area contributed by atoms with Crippen LogP contribution in [0, 0.1) is 5.82 Å². The molecule has 3 aromatic rings. The zero-order chi connectivity index (χ0) is 32.5. The van der Waals surface area contributed by atoms with E-state index >= 15 is 0 Å². The number of alkyl halides is 3. The van der Waals surface area contributed by atoms with E-state index in [1.807, 2.05) is 0 Å². The smallest absolute Gasteiger partial charge is 0.431 e. The molecule has 0 spiro atoms. The molecule has 0 saturated carbocycles. The van der Waals surface area contributed by atoms with Crippen molar-refractivity contribution in [1.29, 1.82) is 0 Å². The molecule has 44 heavy (non-hydrogen) atoms. The molecule has 4 rings (SSSR count). The zero-order valence-corrected chi connectivity index (χ0v) is 23.7. The Balaban J connectivity index is 1.77. The highest BCUT2D eigenvalue weighted by Crippen LogP contribution is 2.36. The molecular weight excluding hydrogens is 640 g/mol. The van der Waals surface area contributed by atoms with E-state index in [4.69, 9.17) is 21.4 Å². The second-order valence-corrected chi connectivity index (χ2v) is 10.7. The van der Waals surface area contributed by atoms with Gasteiger partial charge in [0.1, 0.15) is 23.8 Å². The number of carbonyl (C=O) groups excluding carboxylic acids is 1. The molecule has 1 atom stereocenters. The van der Waals surface area contributed by atoms with Crippen molar-refractivity contribution in [3.05, 3.63) is 85.4 Å². The van der Waals surface area contributed by atoms with Crippen LogP contribution in [0.3, 0.4) is 0 Å². The lowest BCUT2D eigenvalue weighted by molar-refractivity contribution is -0.144. The van der Waals surface area contributed by atoms with E-state index in [1.54, 1.807) is 18.2 Å². The molecule has 18 heteroatoms. The van der Waals surface area contributed by atoms with Gasteiger partial charge in [0.05, 0.1) is 21.6 Å². The monoisotopic (exact) mass is 658 g/mol. The predicted molar refractivity (Wildman–Crippen MR) is 148 cm³/mol. The summed E-state index contributed by atoms with van der Waals surface area (Å²) in [6, 6.07) is 7.82. The topological polar surface area (TPSA) is 160 Å². The normalized spacial score (nSPS) is 16.0. The van der Waals surface area contributed by atoms with Crippen LogP contribution < -0.4 is 16.0 Å². The first-order valence-electron chi connectivity index (χ1n) is 12.2. The molecule has 1 unspecified atom stereocenters. The number of amides is 1. The number of para-hydroxylation sites is 1. The number of ether oxygens (including phenoxy) is 1. The Labute approximate surface area is 252 Å². The van der Waals surface area contributed by atoms with Crippen LogP contribution in [0.1, 0.15) is 11.3 Å². The number of carbonyl (C=O) groups is 3. The lowest BCUT2D eigenvalue weighted by atomic mass is 10.1. The van der Waals surface area contributed by atoms with Crippen LogP contribution >= 0.6 is 23.4 Å². The SMILES string of the molecule is Cn1c(C(F)(F)F)cc(=O)n(-c2cc(N=C3SC(Cc4ccccc4OCC(=O)O)C(=O)N3CC(=O)O)c(Cl)cc2F)c1=O. The molecular formula is C26H19ClF4N4O8S. The molecule has 1 aliphatic rings. The van der Waals surface area contributed by atoms with Gasteiger partial charge in [0.2, 0.25) is 5.91 Å². The number of aliphatic imine (C=N–C) groups is 1. The van der Waals surface area contributed by atoms with Crippen molar-refractivity contribution in [3.8, 4) is 11.4 Å². The molecule has 1 amide bonds. The van der Waals surface area contributed by atoms with Crippen LogP contribution in [0.4, 0.5) is 23.2 Å². The van der Waals surface area contributed by atoms with Crippen molar-refractivity contribution in [2.45, 2.75) is 17.8 Å². The van der Waals surface area contributed by atoms with Crippen LogP contribution in [0.15, 0.2) is 57.0 Å². The number of amidine groups is 1. The molecule has 0 radical (unpaired) electrons. The van der Waals surface area contributed by atoms with Crippen LogP contribution in [-0.2, 0) is 34.0 Å². The van der Waals surface area contributed by atoms with E-state index in [9.17, 15) is 46.6 Å². The fourth-order valence-corrected chi connectivity index (χ4v) is 5.54. The standard InChI is InChI=1S/C26H19ClF4N4O8S/c1-33-19(26(29,30)31)9-20(36)35(25(33)42)16-8-15(13(27)7-14(16)28)32-24-34(10-21(37)38)23(41)18(44-24)6-12-4-2-3-5-17(12)43-11-22(39)40/h2-5,7-9,18H,6,10-11H2,1H3,(H,37,38)(H,39,40). The van der Waals surface area contributed by atoms with Crippen LogP contribution in [0.5, 0.6) is 5.75 Å².